The van der Waals surface area contributed by atoms with Gasteiger partial charge < -0.3 is 20.3 Å². The number of carbonyl (C=O) groups is 2. The van der Waals surface area contributed by atoms with Gasteiger partial charge in [-0.3, -0.25) is 4.79 Å². The first-order valence-electron chi connectivity index (χ1n) is 6.73. The maximum Gasteiger partial charge on any atom is 0.337 e. The van der Waals surface area contributed by atoms with E-state index in [2.05, 4.69) is 5.32 Å². The molecule has 1 amide bonds. The van der Waals surface area contributed by atoms with Gasteiger partial charge in [-0.25, -0.2) is 4.79 Å². The summed E-state index contributed by atoms with van der Waals surface area (Å²) in [5.74, 6) is -1.25. The summed E-state index contributed by atoms with van der Waals surface area (Å²) >= 11 is 0. The highest BCUT2D eigenvalue weighted by molar-refractivity contribution is 5.83. The minimum absolute atomic E-state index is 0.380. The molecule has 3 N–H and O–H groups in total. The Balaban J connectivity index is 2.66. The summed E-state index contributed by atoms with van der Waals surface area (Å²) in [6.07, 6.45) is -0.314. The number of rotatable bonds is 7. The lowest BCUT2D eigenvalue weighted by atomic mass is 10.1. The van der Waals surface area contributed by atoms with E-state index in [0.29, 0.717) is 12.2 Å². The Morgan fingerprint density at radius 3 is 2.52 bits per heavy atom. The Bertz CT molecular complexity index is 513. The third-order valence-corrected chi connectivity index (χ3v) is 3.09. The molecule has 0 bridgehead atoms. The maximum atomic E-state index is 12.0. The molecular weight excluding hydrogens is 274 g/mol. The van der Waals surface area contributed by atoms with E-state index in [-0.39, 0.29) is 6.54 Å². The lowest BCUT2D eigenvalue weighted by Crippen LogP contribution is -2.49. The zero-order valence-electron chi connectivity index (χ0n) is 12.4. The lowest BCUT2D eigenvalue weighted by Gasteiger charge is -2.22. The summed E-state index contributed by atoms with van der Waals surface area (Å²) < 4.78 is 5.64. The summed E-state index contributed by atoms with van der Waals surface area (Å²) in [6, 6.07) is 7.31. The van der Waals surface area contributed by atoms with E-state index < -0.39 is 23.6 Å². The molecule has 0 aliphatic rings. The number of aliphatic hydroxyl groups is 1. The molecule has 6 heteroatoms. The smallest absolute Gasteiger partial charge is 0.337 e. The Morgan fingerprint density at radius 1 is 1.38 bits per heavy atom. The zero-order valence-corrected chi connectivity index (χ0v) is 12.4. The molecule has 2 unspecified atom stereocenters. The second-order valence-corrected chi connectivity index (χ2v) is 5.08. The lowest BCUT2D eigenvalue weighted by molar-refractivity contribution is -0.156. The van der Waals surface area contributed by atoms with Crippen molar-refractivity contribution in [1.82, 2.24) is 5.32 Å². The van der Waals surface area contributed by atoms with Crippen molar-refractivity contribution in [2.45, 2.75) is 38.9 Å². The van der Waals surface area contributed by atoms with Crippen molar-refractivity contribution in [3.05, 3.63) is 29.8 Å². The molecule has 6 nitrogen and oxygen atoms in total. The maximum absolute atomic E-state index is 12.0. The van der Waals surface area contributed by atoms with E-state index in [1.54, 1.807) is 13.0 Å². The van der Waals surface area contributed by atoms with Crippen LogP contribution < -0.4 is 10.1 Å². The summed E-state index contributed by atoms with van der Waals surface area (Å²) in [5.41, 5.74) is -1.10. The van der Waals surface area contributed by atoms with Crippen LogP contribution in [0, 0.1) is 6.92 Å². The highest BCUT2D eigenvalue weighted by atomic mass is 16.5. The second kappa shape index (κ2) is 7.08. The van der Waals surface area contributed by atoms with Gasteiger partial charge in [0.15, 0.2) is 11.7 Å². The molecular formula is C15H21NO5. The predicted molar refractivity (Wildman–Crippen MR) is 77.2 cm³/mol. The van der Waals surface area contributed by atoms with Gasteiger partial charge in [0, 0.05) is 0 Å². The first kappa shape index (κ1) is 17.0. The molecule has 116 valence electrons. The largest absolute Gasteiger partial charge is 0.480 e. The van der Waals surface area contributed by atoms with Crippen LogP contribution in [-0.2, 0) is 9.59 Å². The minimum atomic E-state index is -2.00. The van der Waals surface area contributed by atoms with Crippen LogP contribution in [0.4, 0.5) is 0 Å². The van der Waals surface area contributed by atoms with Crippen LogP contribution in [0.3, 0.4) is 0 Å². The summed E-state index contributed by atoms with van der Waals surface area (Å²) in [4.78, 5) is 22.8. The highest BCUT2D eigenvalue weighted by Crippen LogP contribution is 2.18. The first-order valence-corrected chi connectivity index (χ1v) is 6.73. The fourth-order valence-corrected chi connectivity index (χ4v) is 1.61. The number of aliphatic carboxylic acids is 1. The van der Waals surface area contributed by atoms with E-state index >= 15 is 0 Å². The summed E-state index contributed by atoms with van der Waals surface area (Å²) in [6.45, 7) is 4.40. The minimum Gasteiger partial charge on any atom is -0.480 e. The average Bonchev–Trinajstić information content (AvgIpc) is 2.44. The molecule has 2 atom stereocenters. The first-order chi connectivity index (χ1) is 9.77. The van der Waals surface area contributed by atoms with E-state index in [0.717, 1.165) is 12.5 Å². The number of carbonyl (C=O) groups excluding carboxylic acids is 1. The van der Waals surface area contributed by atoms with Crippen molar-refractivity contribution in [3.63, 3.8) is 0 Å². The number of carboxylic acids is 1. The normalized spacial score (nSPS) is 14.9. The van der Waals surface area contributed by atoms with Gasteiger partial charge >= 0.3 is 5.97 Å². The van der Waals surface area contributed by atoms with Crippen LogP contribution in [0.1, 0.15) is 25.8 Å². The van der Waals surface area contributed by atoms with Crippen LogP contribution in [0.15, 0.2) is 24.3 Å². The molecule has 1 aromatic carbocycles. The fourth-order valence-electron chi connectivity index (χ4n) is 1.61. The molecule has 1 aromatic rings. The SMILES string of the molecule is CCC(Oc1ccccc1C)C(=O)NCC(C)(O)C(=O)O. The molecule has 0 saturated carbocycles. The Labute approximate surface area is 123 Å². The summed E-state index contributed by atoms with van der Waals surface area (Å²) in [5, 5.41) is 20.8. The number of hydrogen-bond donors (Lipinski definition) is 3. The molecule has 0 aliphatic heterocycles. The number of carboxylic acid groups (broad SMARTS) is 1. The van der Waals surface area contributed by atoms with Gasteiger partial charge in [0.1, 0.15) is 5.75 Å². The molecule has 0 saturated heterocycles. The number of amides is 1. The van der Waals surface area contributed by atoms with E-state index in [9.17, 15) is 14.7 Å². The molecule has 0 aliphatic carbocycles. The molecule has 0 fully saturated rings. The number of nitrogens with one attached hydrogen (secondary N) is 1. The van der Waals surface area contributed by atoms with Crippen molar-refractivity contribution in [2.24, 2.45) is 0 Å². The van der Waals surface area contributed by atoms with Crippen LogP contribution in [0.25, 0.3) is 0 Å². The van der Waals surface area contributed by atoms with Gasteiger partial charge in [0.05, 0.1) is 6.54 Å². The number of hydrogen-bond acceptors (Lipinski definition) is 4. The van der Waals surface area contributed by atoms with E-state index in [1.165, 1.54) is 0 Å². The average molecular weight is 295 g/mol. The van der Waals surface area contributed by atoms with Gasteiger partial charge in [0.25, 0.3) is 5.91 Å². The number of para-hydroxylation sites is 1. The number of ether oxygens (including phenoxy) is 1. The molecule has 0 radical (unpaired) electrons. The molecule has 21 heavy (non-hydrogen) atoms. The topological polar surface area (TPSA) is 95.9 Å². The summed E-state index contributed by atoms with van der Waals surface area (Å²) in [7, 11) is 0. The van der Waals surface area contributed by atoms with Gasteiger partial charge in [-0.2, -0.15) is 0 Å². The van der Waals surface area contributed by atoms with Crippen LogP contribution in [-0.4, -0.2) is 40.3 Å². The standard InChI is InChI=1S/C15H21NO5/c1-4-11(21-12-8-6-5-7-10(12)2)13(17)16-9-15(3,20)14(18)19/h5-8,11,20H,4,9H2,1-3H3,(H,16,17)(H,18,19). The fraction of sp³-hybridized carbons (Fsp3) is 0.467. The van der Waals surface area contributed by atoms with Crippen molar-refractivity contribution >= 4 is 11.9 Å². The molecule has 0 heterocycles. The predicted octanol–water partition coefficient (Wildman–Crippen LogP) is 1.10. The molecule has 0 aromatic heterocycles. The zero-order chi connectivity index (χ0) is 16.0. The van der Waals surface area contributed by atoms with Gasteiger partial charge in [-0.15, -0.1) is 0 Å². The van der Waals surface area contributed by atoms with Gasteiger partial charge in [0.2, 0.25) is 0 Å². The Morgan fingerprint density at radius 2 is 2.00 bits per heavy atom. The van der Waals surface area contributed by atoms with Crippen molar-refractivity contribution in [2.75, 3.05) is 6.54 Å². The molecule has 0 spiro atoms. The van der Waals surface area contributed by atoms with Crippen LogP contribution in [0.5, 0.6) is 5.75 Å². The quantitative estimate of drug-likeness (QED) is 0.700. The second-order valence-electron chi connectivity index (χ2n) is 5.08. The third kappa shape index (κ3) is 4.75. The number of aryl methyl sites for hydroxylation is 1. The van der Waals surface area contributed by atoms with E-state index in [1.807, 2.05) is 25.1 Å². The Hall–Kier alpha value is -2.08. The van der Waals surface area contributed by atoms with Crippen molar-refractivity contribution in [1.29, 1.82) is 0 Å². The number of benzene rings is 1. The Kier molecular flexibility index (Phi) is 5.72. The van der Waals surface area contributed by atoms with E-state index in [4.69, 9.17) is 9.84 Å². The van der Waals surface area contributed by atoms with Crippen LogP contribution >= 0.6 is 0 Å². The highest BCUT2D eigenvalue weighted by Gasteiger charge is 2.31. The molecule has 1 rings (SSSR count). The van der Waals surface area contributed by atoms with Crippen molar-refractivity contribution < 1.29 is 24.5 Å². The van der Waals surface area contributed by atoms with Crippen LogP contribution in [0.2, 0.25) is 0 Å². The monoisotopic (exact) mass is 295 g/mol. The van der Waals surface area contributed by atoms with Gasteiger partial charge in [-0.05, 0) is 31.9 Å². The van der Waals surface area contributed by atoms with Crippen molar-refractivity contribution in [3.8, 4) is 5.75 Å². The third-order valence-electron chi connectivity index (χ3n) is 3.09. The van der Waals surface area contributed by atoms with Gasteiger partial charge in [-0.1, -0.05) is 25.1 Å².